The van der Waals surface area contributed by atoms with Gasteiger partial charge >= 0.3 is 5.97 Å². The third-order valence-electron chi connectivity index (χ3n) is 3.37. The van der Waals surface area contributed by atoms with E-state index < -0.39 is 21.5 Å². The second-order valence-corrected chi connectivity index (χ2v) is 7.62. The maximum atomic E-state index is 12.3. The number of likely N-dealkylation sites (N-methyl/N-ethyl adjacent to an activating group) is 1. The molecule has 0 heterocycles. The van der Waals surface area contributed by atoms with Gasteiger partial charge in [0.25, 0.3) is 0 Å². The number of sulfonamides is 1. The van der Waals surface area contributed by atoms with Crippen molar-refractivity contribution < 1.29 is 18.3 Å². The van der Waals surface area contributed by atoms with Gasteiger partial charge in [-0.2, -0.15) is 0 Å². The maximum Gasteiger partial charge on any atom is 0.335 e. The lowest BCUT2D eigenvalue weighted by molar-refractivity contribution is 0.0696. The summed E-state index contributed by atoms with van der Waals surface area (Å²) in [6.45, 7) is 3.92. The first-order chi connectivity index (χ1) is 9.47. The van der Waals surface area contributed by atoms with Gasteiger partial charge < -0.3 is 10.0 Å². The van der Waals surface area contributed by atoms with Crippen molar-refractivity contribution in [3.8, 4) is 0 Å². The maximum absolute atomic E-state index is 12.3. The van der Waals surface area contributed by atoms with Crippen LogP contribution in [0.4, 0.5) is 0 Å². The first-order valence-corrected chi connectivity index (χ1v) is 8.03. The molecule has 8 heteroatoms. The molecular formula is C13H19ClN2O4S. The van der Waals surface area contributed by atoms with Crippen molar-refractivity contribution in [1.82, 2.24) is 9.62 Å². The number of halogens is 1. The van der Waals surface area contributed by atoms with Crippen molar-refractivity contribution >= 4 is 27.6 Å². The van der Waals surface area contributed by atoms with Gasteiger partial charge in [-0.3, -0.25) is 0 Å². The molecule has 0 radical (unpaired) electrons. The molecule has 0 amide bonds. The Morgan fingerprint density at radius 1 is 1.38 bits per heavy atom. The summed E-state index contributed by atoms with van der Waals surface area (Å²) in [5, 5.41) is 8.91. The molecular weight excluding hydrogens is 316 g/mol. The van der Waals surface area contributed by atoms with Crippen LogP contribution in [-0.2, 0) is 10.0 Å². The number of carboxylic acids is 1. The highest BCUT2D eigenvalue weighted by atomic mass is 35.5. The minimum absolute atomic E-state index is 0.0184. The SMILES string of the molecule is CN(C)C(C)(C)CNS(=O)(=O)c1cc(C(=O)O)ccc1Cl. The lowest BCUT2D eigenvalue weighted by Gasteiger charge is -2.32. The Morgan fingerprint density at radius 3 is 2.43 bits per heavy atom. The Kier molecular flexibility index (Phi) is 5.38. The summed E-state index contributed by atoms with van der Waals surface area (Å²) >= 11 is 5.88. The fourth-order valence-corrected chi connectivity index (χ4v) is 3.08. The van der Waals surface area contributed by atoms with Crippen molar-refractivity contribution in [2.45, 2.75) is 24.3 Å². The van der Waals surface area contributed by atoms with Gasteiger partial charge in [0.2, 0.25) is 10.0 Å². The van der Waals surface area contributed by atoms with Gasteiger partial charge in [0, 0.05) is 12.1 Å². The average Bonchev–Trinajstić information content (AvgIpc) is 2.36. The van der Waals surface area contributed by atoms with Crippen LogP contribution < -0.4 is 4.72 Å². The molecule has 0 unspecified atom stereocenters. The number of aromatic carboxylic acids is 1. The summed E-state index contributed by atoms with van der Waals surface area (Å²) in [6, 6.07) is 3.57. The molecule has 21 heavy (non-hydrogen) atoms. The van der Waals surface area contributed by atoms with E-state index in [1.165, 1.54) is 12.1 Å². The molecule has 0 aliphatic carbocycles. The molecule has 0 aliphatic heterocycles. The van der Waals surface area contributed by atoms with E-state index >= 15 is 0 Å². The number of hydrogen-bond acceptors (Lipinski definition) is 4. The monoisotopic (exact) mass is 334 g/mol. The number of hydrogen-bond donors (Lipinski definition) is 2. The smallest absolute Gasteiger partial charge is 0.335 e. The van der Waals surface area contributed by atoms with E-state index in [9.17, 15) is 13.2 Å². The molecule has 0 atom stereocenters. The molecule has 0 spiro atoms. The van der Waals surface area contributed by atoms with Crippen LogP contribution in [0.5, 0.6) is 0 Å². The fraction of sp³-hybridized carbons (Fsp3) is 0.462. The van der Waals surface area contributed by atoms with Gasteiger partial charge in [-0.1, -0.05) is 11.6 Å². The van der Waals surface area contributed by atoms with Crippen molar-refractivity contribution in [2.75, 3.05) is 20.6 Å². The molecule has 2 N–H and O–H groups in total. The molecule has 0 saturated carbocycles. The molecule has 0 bridgehead atoms. The number of nitrogens with one attached hydrogen (secondary N) is 1. The summed E-state index contributed by atoms with van der Waals surface area (Å²) in [5.41, 5.74) is -0.532. The van der Waals surface area contributed by atoms with Gasteiger partial charge in [-0.05, 0) is 46.1 Å². The van der Waals surface area contributed by atoms with Gasteiger partial charge in [-0.25, -0.2) is 17.9 Å². The van der Waals surface area contributed by atoms with Gasteiger partial charge in [-0.15, -0.1) is 0 Å². The normalized spacial score (nSPS) is 12.7. The molecule has 0 fully saturated rings. The van der Waals surface area contributed by atoms with Crippen LogP contribution in [0.3, 0.4) is 0 Å². The molecule has 6 nitrogen and oxygen atoms in total. The minimum Gasteiger partial charge on any atom is -0.478 e. The van der Waals surface area contributed by atoms with E-state index in [1.54, 1.807) is 0 Å². The average molecular weight is 335 g/mol. The van der Waals surface area contributed by atoms with Crippen molar-refractivity contribution in [3.05, 3.63) is 28.8 Å². The number of nitrogens with zero attached hydrogens (tertiary/aromatic N) is 1. The zero-order valence-electron chi connectivity index (χ0n) is 12.3. The highest BCUT2D eigenvalue weighted by Gasteiger charge is 2.26. The van der Waals surface area contributed by atoms with Gasteiger partial charge in [0.15, 0.2) is 0 Å². The van der Waals surface area contributed by atoms with Crippen LogP contribution in [0.15, 0.2) is 23.1 Å². The van der Waals surface area contributed by atoms with Crippen LogP contribution in [0.25, 0.3) is 0 Å². The third-order valence-corrected chi connectivity index (χ3v) is 5.26. The summed E-state index contributed by atoms with van der Waals surface area (Å²) in [4.78, 5) is 12.6. The standard InChI is InChI=1S/C13H19ClN2O4S/c1-13(2,16(3)4)8-15-21(19,20)11-7-9(12(17)18)5-6-10(11)14/h5-7,15H,8H2,1-4H3,(H,17,18). The summed E-state index contributed by atoms with van der Waals surface area (Å²) < 4.78 is 27.0. The van der Waals surface area contributed by atoms with E-state index in [4.69, 9.17) is 16.7 Å². The summed E-state index contributed by atoms with van der Waals surface area (Å²) in [7, 11) is -0.206. The minimum atomic E-state index is -3.89. The Hall–Kier alpha value is -1.15. The Balaban J connectivity index is 3.09. The zero-order chi connectivity index (χ0) is 16.4. The van der Waals surface area contributed by atoms with Crippen LogP contribution in [0, 0.1) is 0 Å². The van der Waals surface area contributed by atoms with E-state index in [-0.39, 0.29) is 22.0 Å². The van der Waals surface area contributed by atoms with Crippen molar-refractivity contribution in [2.24, 2.45) is 0 Å². The molecule has 1 aromatic rings. The van der Waals surface area contributed by atoms with E-state index in [0.717, 1.165) is 6.07 Å². The second kappa shape index (κ2) is 6.31. The molecule has 118 valence electrons. The largest absolute Gasteiger partial charge is 0.478 e. The topological polar surface area (TPSA) is 86.7 Å². The van der Waals surface area contributed by atoms with Gasteiger partial charge in [0.05, 0.1) is 10.6 Å². The van der Waals surface area contributed by atoms with E-state index in [1.807, 2.05) is 32.8 Å². The first-order valence-electron chi connectivity index (χ1n) is 6.17. The summed E-state index contributed by atoms with van der Waals surface area (Å²) in [6.07, 6.45) is 0. The Labute approximate surface area is 129 Å². The van der Waals surface area contributed by atoms with Crippen LogP contribution >= 0.6 is 11.6 Å². The first kappa shape index (κ1) is 17.9. The predicted molar refractivity (Wildman–Crippen MR) is 81.4 cm³/mol. The number of benzene rings is 1. The van der Waals surface area contributed by atoms with E-state index in [2.05, 4.69) is 4.72 Å². The van der Waals surface area contributed by atoms with Crippen molar-refractivity contribution in [3.63, 3.8) is 0 Å². The fourth-order valence-electron chi connectivity index (χ4n) is 1.35. The molecule has 0 aliphatic rings. The molecule has 0 saturated heterocycles. The molecule has 1 rings (SSSR count). The highest BCUT2D eigenvalue weighted by molar-refractivity contribution is 7.89. The lowest BCUT2D eigenvalue weighted by atomic mass is 10.1. The second-order valence-electron chi connectivity index (χ2n) is 5.48. The van der Waals surface area contributed by atoms with Crippen molar-refractivity contribution in [1.29, 1.82) is 0 Å². The van der Waals surface area contributed by atoms with Gasteiger partial charge in [0.1, 0.15) is 4.90 Å². The molecule has 0 aromatic heterocycles. The number of carbonyl (C=O) groups is 1. The quantitative estimate of drug-likeness (QED) is 0.826. The number of rotatable bonds is 6. The van der Waals surface area contributed by atoms with Crippen LogP contribution in [0.2, 0.25) is 5.02 Å². The zero-order valence-corrected chi connectivity index (χ0v) is 13.9. The Bertz CT molecular complexity index is 642. The Morgan fingerprint density at radius 2 is 1.95 bits per heavy atom. The van der Waals surface area contributed by atoms with Crippen LogP contribution in [0.1, 0.15) is 24.2 Å². The third kappa shape index (κ3) is 4.41. The number of carboxylic acid groups (broad SMARTS) is 1. The highest BCUT2D eigenvalue weighted by Crippen LogP contribution is 2.23. The predicted octanol–water partition coefficient (Wildman–Crippen LogP) is 1.66. The van der Waals surface area contributed by atoms with E-state index in [0.29, 0.717) is 0 Å². The summed E-state index contributed by atoms with van der Waals surface area (Å²) in [5.74, 6) is -1.21. The lowest BCUT2D eigenvalue weighted by Crippen LogP contribution is -2.48. The van der Waals surface area contributed by atoms with Crippen LogP contribution in [-0.4, -0.2) is 50.6 Å². The molecule has 1 aromatic carbocycles.